The first-order valence-electron chi connectivity index (χ1n) is 8.98. The lowest BCUT2D eigenvalue weighted by molar-refractivity contribution is -0.115. The lowest BCUT2D eigenvalue weighted by Gasteiger charge is -2.13. The van der Waals surface area contributed by atoms with E-state index in [4.69, 9.17) is 11.6 Å². The Balaban J connectivity index is 1.69. The largest absolute Gasteiger partial charge is 0.326 e. The van der Waals surface area contributed by atoms with Crippen LogP contribution in [0.4, 0.5) is 11.4 Å². The molecule has 0 spiro atoms. The van der Waals surface area contributed by atoms with Gasteiger partial charge in [0.1, 0.15) is 0 Å². The van der Waals surface area contributed by atoms with Crippen molar-refractivity contribution >= 4 is 38.9 Å². The zero-order valence-corrected chi connectivity index (χ0v) is 17.6. The van der Waals surface area contributed by atoms with E-state index in [-0.39, 0.29) is 17.2 Å². The number of sulfonamides is 1. The number of benzene rings is 3. The van der Waals surface area contributed by atoms with E-state index in [9.17, 15) is 13.2 Å². The molecule has 150 valence electrons. The van der Waals surface area contributed by atoms with Crippen LogP contribution in [0, 0.1) is 13.8 Å². The van der Waals surface area contributed by atoms with Gasteiger partial charge in [-0.25, -0.2) is 8.42 Å². The average Bonchev–Trinajstić information content (AvgIpc) is 2.67. The van der Waals surface area contributed by atoms with Gasteiger partial charge in [0, 0.05) is 10.7 Å². The Labute approximate surface area is 175 Å². The molecule has 2 N–H and O–H groups in total. The fraction of sp³-hybridized carbons (Fsp3) is 0.136. The molecule has 0 saturated heterocycles. The summed E-state index contributed by atoms with van der Waals surface area (Å²) in [6.45, 7) is 3.70. The first-order chi connectivity index (χ1) is 13.7. The van der Waals surface area contributed by atoms with Crippen LogP contribution in [-0.4, -0.2) is 14.3 Å². The Kier molecular flexibility index (Phi) is 6.25. The van der Waals surface area contributed by atoms with Crippen LogP contribution >= 0.6 is 11.6 Å². The summed E-state index contributed by atoms with van der Waals surface area (Å²) in [6.07, 6.45) is 0.200. The number of hydrogen-bond acceptors (Lipinski definition) is 3. The lowest BCUT2D eigenvalue weighted by atomic mass is 10.1. The van der Waals surface area contributed by atoms with Gasteiger partial charge >= 0.3 is 0 Å². The van der Waals surface area contributed by atoms with Crippen molar-refractivity contribution in [1.82, 2.24) is 0 Å². The summed E-state index contributed by atoms with van der Waals surface area (Å²) in [7, 11) is -3.73. The van der Waals surface area contributed by atoms with Crippen LogP contribution in [0.5, 0.6) is 0 Å². The molecule has 5 nitrogen and oxygen atoms in total. The number of rotatable bonds is 6. The number of anilines is 2. The molecule has 0 unspecified atom stereocenters. The third-order valence-corrected chi connectivity index (χ3v) is 6.06. The minimum Gasteiger partial charge on any atom is -0.326 e. The Morgan fingerprint density at radius 3 is 2.07 bits per heavy atom. The van der Waals surface area contributed by atoms with Gasteiger partial charge in [0.05, 0.1) is 17.0 Å². The molecule has 29 heavy (non-hydrogen) atoms. The first-order valence-corrected chi connectivity index (χ1v) is 10.8. The van der Waals surface area contributed by atoms with E-state index in [0.717, 1.165) is 16.7 Å². The summed E-state index contributed by atoms with van der Waals surface area (Å²) in [5.74, 6) is -0.198. The normalized spacial score (nSPS) is 11.1. The fourth-order valence-corrected chi connectivity index (χ4v) is 4.21. The van der Waals surface area contributed by atoms with Gasteiger partial charge in [-0.15, -0.1) is 0 Å². The minimum absolute atomic E-state index is 0.121. The lowest BCUT2D eigenvalue weighted by Crippen LogP contribution is -2.16. The predicted octanol–water partition coefficient (Wildman–Crippen LogP) is 4.94. The van der Waals surface area contributed by atoms with Gasteiger partial charge in [0.2, 0.25) is 5.91 Å². The van der Waals surface area contributed by atoms with E-state index >= 15 is 0 Å². The highest BCUT2D eigenvalue weighted by Crippen LogP contribution is 2.24. The van der Waals surface area contributed by atoms with E-state index in [1.807, 2.05) is 32.0 Å². The van der Waals surface area contributed by atoms with Crippen molar-refractivity contribution < 1.29 is 13.2 Å². The van der Waals surface area contributed by atoms with Gasteiger partial charge in [-0.1, -0.05) is 41.9 Å². The van der Waals surface area contributed by atoms with Crippen LogP contribution in [0.1, 0.15) is 16.7 Å². The number of amides is 1. The molecule has 3 aromatic carbocycles. The topological polar surface area (TPSA) is 75.3 Å². The molecule has 0 bridgehead atoms. The quantitative estimate of drug-likeness (QED) is 0.584. The van der Waals surface area contributed by atoms with Crippen molar-refractivity contribution in [2.45, 2.75) is 25.2 Å². The number of nitrogens with one attached hydrogen (secondary N) is 2. The van der Waals surface area contributed by atoms with Crippen molar-refractivity contribution in [2.75, 3.05) is 10.0 Å². The van der Waals surface area contributed by atoms with Crippen LogP contribution in [-0.2, 0) is 21.2 Å². The summed E-state index contributed by atoms with van der Waals surface area (Å²) in [4.78, 5) is 12.3. The number of carbonyl (C=O) groups is 1. The predicted molar refractivity (Wildman–Crippen MR) is 117 cm³/mol. The molecule has 0 aliphatic heterocycles. The Morgan fingerprint density at radius 2 is 1.48 bits per heavy atom. The molecule has 7 heteroatoms. The number of carbonyl (C=O) groups excluding carboxylic acids is 1. The third kappa shape index (κ3) is 5.37. The Morgan fingerprint density at radius 1 is 0.897 bits per heavy atom. The first kappa shape index (κ1) is 20.9. The van der Waals surface area contributed by atoms with Crippen LogP contribution < -0.4 is 10.0 Å². The highest BCUT2D eigenvalue weighted by molar-refractivity contribution is 7.92. The molecule has 0 radical (unpaired) electrons. The molecule has 0 aliphatic carbocycles. The van der Waals surface area contributed by atoms with Crippen molar-refractivity contribution in [1.29, 1.82) is 0 Å². The van der Waals surface area contributed by atoms with Crippen molar-refractivity contribution in [3.8, 4) is 0 Å². The van der Waals surface area contributed by atoms with E-state index in [1.54, 1.807) is 36.4 Å². The molecular formula is C22H21ClN2O3S. The van der Waals surface area contributed by atoms with E-state index in [2.05, 4.69) is 10.0 Å². The number of hydrogen-bond donors (Lipinski definition) is 2. The maximum absolute atomic E-state index is 12.7. The van der Waals surface area contributed by atoms with Crippen molar-refractivity contribution in [3.05, 3.63) is 88.4 Å². The van der Waals surface area contributed by atoms with E-state index in [0.29, 0.717) is 16.4 Å². The van der Waals surface area contributed by atoms with Crippen LogP contribution in [0.3, 0.4) is 0 Å². The standard InChI is InChI=1S/C22H21ClN2O3S/c1-15-4-3-5-16(2)22(15)25-29(27,28)20-12-10-19(11-13-20)24-21(26)14-17-6-8-18(23)9-7-17/h3-13,25H,14H2,1-2H3,(H,24,26). The molecule has 1 amide bonds. The Hall–Kier alpha value is -2.83. The van der Waals surface area contributed by atoms with Crippen molar-refractivity contribution in [3.63, 3.8) is 0 Å². The maximum atomic E-state index is 12.7. The number of halogens is 1. The van der Waals surface area contributed by atoms with Crippen LogP contribution in [0.25, 0.3) is 0 Å². The maximum Gasteiger partial charge on any atom is 0.261 e. The molecular weight excluding hydrogens is 408 g/mol. The zero-order chi connectivity index (χ0) is 21.0. The fourth-order valence-electron chi connectivity index (χ4n) is 2.88. The molecule has 0 aliphatic rings. The van der Waals surface area contributed by atoms with Gasteiger partial charge in [0.25, 0.3) is 10.0 Å². The zero-order valence-electron chi connectivity index (χ0n) is 16.1. The monoisotopic (exact) mass is 428 g/mol. The van der Waals surface area contributed by atoms with Crippen molar-refractivity contribution in [2.24, 2.45) is 0 Å². The van der Waals surface area contributed by atoms with Gasteiger partial charge in [-0.05, 0) is 66.9 Å². The molecule has 0 saturated carbocycles. The molecule has 0 atom stereocenters. The van der Waals surface area contributed by atoms with Crippen LogP contribution in [0.2, 0.25) is 5.02 Å². The molecule has 0 aromatic heterocycles. The summed E-state index contributed by atoms with van der Waals surface area (Å²) >= 11 is 5.84. The smallest absolute Gasteiger partial charge is 0.261 e. The second-order valence-electron chi connectivity index (χ2n) is 6.75. The van der Waals surface area contributed by atoms with Gasteiger partial charge in [0.15, 0.2) is 0 Å². The van der Waals surface area contributed by atoms with Gasteiger partial charge < -0.3 is 5.32 Å². The number of para-hydroxylation sites is 1. The second kappa shape index (κ2) is 8.68. The summed E-state index contributed by atoms with van der Waals surface area (Å²) in [5, 5.41) is 3.38. The molecule has 0 heterocycles. The van der Waals surface area contributed by atoms with E-state index in [1.165, 1.54) is 12.1 Å². The van der Waals surface area contributed by atoms with Gasteiger partial charge in [-0.3, -0.25) is 9.52 Å². The molecule has 3 aromatic rings. The highest BCUT2D eigenvalue weighted by atomic mass is 35.5. The minimum atomic E-state index is -3.73. The van der Waals surface area contributed by atoms with Crippen LogP contribution in [0.15, 0.2) is 71.6 Å². The summed E-state index contributed by atoms with van der Waals surface area (Å²) in [6, 6.07) is 18.7. The SMILES string of the molecule is Cc1cccc(C)c1NS(=O)(=O)c1ccc(NC(=O)Cc2ccc(Cl)cc2)cc1. The molecule has 3 rings (SSSR count). The van der Waals surface area contributed by atoms with Gasteiger partial charge in [-0.2, -0.15) is 0 Å². The van der Waals surface area contributed by atoms with E-state index < -0.39 is 10.0 Å². The second-order valence-corrected chi connectivity index (χ2v) is 8.87. The summed E-state index contributed by atoms with van der Waals surface area (Å²) < 4.78 is 28.0. The molecule has 0 fully saturated rings. The third-order valence-electron chi connectivity index (χ3n) is 4.44. The average molecular weight is 429 g/mol. The number of aryl methyl sites for hydroxylation is 2. The Bertz CT molecular complexity index is 1110. The summed E-state index contributed by atoms with van der Waals surface area (Å²) in [5.41, 5.74) is 3.63. The highest BCUT2D eigenvalue weighted by Gasteiger charge is 2.16.